The lowest BCUT2D eigenvalue weighted by atomic mass is 10.2. The van der Waals surface area contributed by atoms with Gasteiger partial charge in [0.2, 0.25) is 10.0 Å². The van der Waals surface area contributed by atoms with Gasteiger partial charge in [-0.15, -0.1) is 0 Å². The van der Waals surface area contributed by atoms with Gasteiger partial charge in [0.15, 0.2) is 0 Å². The molecule has 0 aliphatic heterocycles. The van der Waals surface area contributed by atoms with Crippen molar-refractivity contribution in [3.8, 4) is 11.5 Å². The first kappa shape index (κ1) is 22.2. The van der Waals surface area contributed by atoms with Gasteiger partial charge in [0.05, 0.1) is 31.9 Å². The summed E-state index contributed by atoms with van der Waals surface area (Å²) >= 11 is 0. The number of nitrogens with one attached hydrogen (secondary N) is 1. The van der Waals surface area contributed by atoms with E-state index >= 15 is 0 Å². The number of hydrazone groups is 1. The van der Waals surface area contributed by atoms with Crippen molar-refractivity contribution in [2.24, 2.45) is 5.10 Å². The van der Waals surface area contributed by atoms with Crippen molar-refractivity contribution in [2.75, 3.05) is 24.3 Å². The molecule has 0 radical (unpaired) electrons. The van der Waals surface area contributed by atoms with Crippen LogP contribution in [0.4, 0.5) is 5.69 Å². The molecule has 1 amide bonds. The minimum Gasteiger partial charge on any atom is -0.497 e. The maximum absolute atomic E-state index is 12.5. The third-order valence-corrected chi connectivity index (χ3v) is 5.21. The fourth-order valence-corrected chi connectivity index (χ4v) is 3.83. The van der Waals surface area contributed by atoms with Crippen LogP contribution in [-0.2, 0) is 14.8 Å². The van der Waals surface area contributed by atoms with Gasteiger partial charge in [0.1, 0.15) is 17.5 Å². The number of rotatable bonds is 9. The third kappa shape index (κ3) is 6.21. The number of nitrogens with zero attached hydrogens (tertiary/aromatic N) is 2. The van der Waals surface area contributed by atoms with Gasteiger partial charge in [-0.2, -0.15) is 5.10 Å². The molecular formula is C20H25N3O5S. The van der Waals surface area contributed by atoms with E-state index in [9.17, 15) is 13.2 Å². The predicted octanol–water partition coefficient (Wildman–Crippen LogP) is 2.40. The molecule has 0 fully saturated rings. The summed E-state index contributed by atoms with van der Waals surface area (Å²) in [4.78, 5) is 12.5. The van der Waals surface area contributed by atoms with E-state index in [1.165, 1.54) is 13.1 Å². The van der Waals surface area contributed by atoms with Gasteiger partial charge in [-0.1, -0.05) is 12.1 Å². The normalized spacial score (nSPS) is 12.4. The van der Waals surface area contributed by atoms with E-state index in [0.717, 1.165) is 16.1 Å². The summed E-state index contributed by atoms with van der Waals surface area (Å²) in [6.45, 7) is 3.85. The van der Waals surface area contributed by atoms with E-state index in [2.05, 4.69) is 10.5 Å². The fourth-order valence-electron chi connectivity index (χ4n) is 2.65. The summed E-state index contributed by atoms with van der Waals surface area (Å²) in [5.74, 6) is 0.709. The number of hydrogen-bond acceptors (Lipinski definition) is 6. The van der Waals surface area contributed by atoms with Crippen molar-refractivity contribution in [1.82, 2.24) is 5.43 Å². The first-order valence-corrected chi connectivity index (χ1v) is 10.8. The van der Waals surface area contributed by atoms with Crippen LogP contribution in [0.25, 0.3) is 0 Å². The number of carbonyl (C=O) groups excluding carboxylic acids is 1. The highest BCUT2D eigenvalue weighted by atomic mass is 32.2. The second-order valence-electron chi connectivity index (χ2n) is 6.17. The smallest absolute Gasteiger partial charge is 0.263 e. The summed E-state index contributed by atoms with van der Waals surface area (Å²) < 4.78 is 36.2. The van der Waals surface area contributed by atoms with Crippen LogP contribution < -0.4 is 19.2 Å². The largest absolute Gasteiger partial charge is 0.497 e. The first-order chi connectivity index (χ1) is 13.8. The third-order valence-electron chi connectivity index (χ3n) is 3.97. The van der Waals surface area contributed by atoms with Crippen molar-refractivity contribution in [1.29, 1.82) is 0 Å². The molecule has 0 saturated heterocycles. The Morgan fingerprint density at radius 3 is 2.48 bits per heavy atom. The van der Waals surface area contributed by atoms with Crippen LogP contribution >= 0.6 is 0 Å². The Bertz CT molecular complexity index is 958. The number of sulfonamides is 1. The topological polar surface area (TPSA) is 97.3 Å². The molecule has 9 heteroatoms. The van der Waals surface area contributed by atoms with Crippen molar-refractivity contribution < 1.29 is 22.7 Å². The average Bonchev–Trinajstić information content (AvgIpc) is 2.68. The van der Waals surface area contributed by atoms with Crippen molar-refractivity contribution in [2.45, 2.75) is 19.9 Å². The molecule has 0 unspecified atom stereocenters. The van der Waals surface area contributed by atoms with Gasteiger partial charge in [-0.05, 0) is 55.8 Å². The predicted molar refractivity (Wildman–Crippen MR) is 113 cm³/mol. The molecule has 0 saturated carbocycles. The van der Waals surface area contributed by atoms with Crippen molar-refractivity contribution in [3.63, 3.8) is 0 Å². The lowest BCUT2D eigenvalue weighted by Crippen LogP contribution is -2.46. The van der Waals surface area contributed by atoms with E-state index in [4.69, 9.17) is 9.47 Å². The highest BCUT2D eigenvalue weighted by molar-refractivity contribution is 7.92. The monoisotopic (exact) mass is 419 g/mol. The Labute approximate surface area is 171 Å². The zero-order valence-corrected chi connectivity index (χ0v) is 17.6. The van der Waals surface area contributed by atoms with E-state index in [-0.39, 0.29) is 0 Å². The van der Waals surface area contributed by atoms with E-state index in [1.54, 1.807) is 55.6 Å². The minimum absolute atomic E-state index is 0.357. The molecule has 2 aromatic rings. The van der Waals surface area contributed by atoms with Crippen LogP contribution in [0.1, 0.15) is 19.4 Å². The second-order valence-corrected chi connectivity index (χ2v) is 8.03. The van der Waals surface area contributed by atoms with Gasteiger partial charge in [0, 0.05) is 0 Å². The number of benzene rings is 2. The van der Waals surface area contributed by atoms with Gasteiger partial charge >= 0.3 is 0 Å². The highest BCUT2D eigenvalue weighted by Crippen LogP contribution is 2.24. The molecule has 0 aliphatic rings. The van der Waals surface area contributed by atoms with Crippen LogP contribution in [0.3, 0.4) is 0 Å². The number of methoxy groups -OCH3 is 1. The highest BCUT2D eigenvalue weighted by Gasteiger charge is 2.29. The molecular weight excluding hydrogens is 394 g/mol. The molecule has 29 heavy (non-hydrogen) atoms. The zero-order valence-electron chi connectivity index (χ0n) is 16.8. The fraction of sp³-hybridized carbons (Fsp3) is 0.300. The number of carbonyl (C=O) groups is 1. The van der Waals surface area contributed by atoms with E-state index in [1.807, 2.05) is 6.92 Å². The molecule has 0 bridgehead atoms. The number of hydrogen-bond donors (Lipinski definition) is 1. The molecule has 0 aliphatic carbocycles. The van der Waals surface area contributed by atoms with Crippen LogP contribution in [0.2, 0.25) is 0 Å². The van der Waals surface area contributed by atoms with Gasteiger partial charge < -0.3 is 9.47 Å². The van der Waals surface area contributed by atoms with Crippen molar-refractivity contribution in [3.05, 3.63) is 54.1 Å². The zero-order chi connectivity index (χ0) is 21.4. The van der Waals surface area contributed by atoms with Crippen LogP contribution in [-0.4, -0.2) is 46.6 Å². The standard InChI is InChI=1S/C20H25N3O5S/c1-5-28-18-11-9-17(10-12-18)23(29(4,25)26)15(2)20(24)22-21-14-16-7-6-8-19(13-16)27-3/h6-15H,5H2,1-4H3,(H,22,24)/b21-14-/t15-/m0/s1. The number of anilines is 1. The Kier molecular flexibility index (Phi) is 7.60. The Morgan fingerprint density at radius 2 is 1.90 bits per heavy atom. The summed E-state index contributed by atoms with van der Waals surface area (Å²) in [7, 11) is -2.15. The number of ether oxygens (including phenoxy) is 2. The first-order valence-electron chi connectivity index (χ1n) is 8.95. The lowest BCUT2D eigenvalue weighted by molar-refractivity contribution is -0.121. The van der Waals surface area contributed by atoms with E-state index in [0.29, 0.717) is 23.8 Å². The van der Waals surface area contributed by atoms with Gasteiger partial charge in [0.25, 0.3) is 5.91 Å². The maximum Gasteiger partial charge on any atom is 0.263 e. The lowest BCUT2D eigenvalue weighted by Gasteiger charge is -2.27. The maximum atomic E-state index is 12.5. The molecule has 2 rings (SSSR count). The van der Waals surface area contributed by atoms with Crippen LogP contribution in [0.5, 0.6) is 11.5 Å². The quantitative estimate of drug-likeness (QED) is 0.497. The van der Waals surface area contributed by atoms with Crippen LogP contribution in [0.15, 0.2) is 53.6 Å². The SMILES string of the molecule is CCOc1ccc(N([C@@H](C)C(=O)N/N=C\c2cccc(OC)c2)S(C)(=O)=O)cc1. The Balaban J connectivity index is 2.14. The molecule has 8 nitrogen and oxygen atoms in total. The Morgan fingerprint density at radius 1 is 1.21 bits per heavy atom. The van der Waals surface area contributed by atoms with Crippen LogP contribution in [0, 0.1) is 0 Å². The molecule has 156 valence electrons. The molecule has 0 spiro atoms. The molecule has 0 heterocycles. The second kappa shape index (κ2) is 9.92. The molecule has 2 aromatic carbocycles. The molecule has 1 atom stereocenters. The van der Waals surface area contributed by atoms with E-state index < -0.39 is 22.0 Å². The molecule has 0 aromatic heterocycles. The van der Waals surface area contributed by atoms with Gasteiger partial charge in [-0.3, -0.25) is 9.10 Å². The Hall–Kier alpha value is -3.07. The number of amides is 1. The average molecular weight is 420 g/mol. The van der Waals surface area contributed by atoms with Gasteiger partial charge in [-0.25, -0.2) is 13.8 Å². The minimum atomic E-state index is -3.71. The molecule has 1 N–H and O–H groups in total. The summed E-state index contributed by atoms with van der Waals surface area (Å²) in [5.41, 5.74) is 3.46. The summed E-state index contributed by atoms with van der Waals surface area (Å²) in [5, 5.41) is 3.91. The van der Waals surface area contributed by atoms with Crippen molar-refractivity contribution >= 4 is 27.8 Å². The summed E-state index contributed by atoms with van der Waals surface area (Å²) in [6, 6.07) is 12.6. The summed E-state index contributed by atoms with van der Waals surface area (Å²) in [6.07, 6.45) is 2.50.